The third kappa shape index (κ3) is 5.53. The quantitative estimate of drug-likeness (QED) is 0.703. The molecule has 0 aliphatic rings. The molecule has 0 fully saturated rings. The Morgan fingerprint density at radius 1 is 1.07 bits per heavy atom. The van der Waals surface area contributed by atoms with Crippen LogP contribution in [0, 0.1) is 0 Å². The smallest absolute Gasteiger partial charge is 0.261 e. The lowest BCUT2D eigenvalue weighted by Crippen LogP contribution is -2.48. The van der Waals surface area contributed by atoms with Crippen LogP contribution in [-0.4, -0.2) is 43.5 Å². The molecule has 0 unspecified atom stereocenters. The summed E-state index contributed by atoms with van der Waals surface area (Å²) in [6.45, 7) is 1.47. The van der Waals surface area contributed by atoms with Crippen molar-refractivity contribution < 1.29 is 19.1 Å². The number of carbonyl (C=O) groups excluding carboxylic acids is 2. The van der Waals surface area contributed by atoms with Crippen LogP contribution in [0.25, 0.3) is 0 Å². The Hall–Kier alpha value is -2.44. The van der Waals surface area contributed by atoms with E-state index in [0.29, 0.717) is 27.1 Å². The second kappa shape index (κ2) is 10.2. The molecular weight excluding hydrogens is 403 g/mol. The Labute approximate surface area is 174 Å². The first-order valence-corrected chi connectivity index (χ1v) is 9.33. The largest absolute Gasteiger partial charge is 0.497 e. The zero-order valence-corrected chi connectivity index (χ0v) is 17.4. The highest BCUT2D eigenvalue weighted by molar-refractivity contribution is 6.36. The summed E-state index contributed by atoms with van der Waals surface area (Å²) in [7, 11) is 3.08. The average molecular weight is 425 g/mol. The van der Waals surface area contributed by atoms with Crippen LogP contribution in [0.15, 0.2) is 42.5 Å². The van der Waals surface area contributed by atoms with Crippen LogP contribution in [0.1, 0.15) is 12.5 Å². The minimum absolute atomic E-state index is 0.0812. The van der Waals surface area contributed by atoms with E-state index in [9.17, 15) is 9.59 Å². The molecule has 0 aliphatic heterocycles. The number of hydrogen-bond donors (Lipinski definition) is 1. The maximum absolute atomic E-state index is 12.8. The third-order valence-electron chi connectivity index (χ3n) is 4.23. The van der Waals surface area contributed by atoms with Crippen LogP contribution in [0.2, 0.25) is 10.0 Å². The fourth-order valence-electron chi connectivity index (χ4n) is 2.55. The lowest BCUT2D eigenvalue weighted by Gasteiger charge is -2.29. The molecule has 0 saturated carbocycles. The molecule has 0 radical (unpaired) electrons. The highest BCUT2D eigenvalue weighted by Gasteiger charge is 2.27. The van der Waals surface area contributed by atoms with Gasteiger partial charge in [-0.2, -0.15) is 0 Å². The molecule has 150 valence electrons. The van der Waals surface area contributed by atoms with E-state index in [4.69, 9.17) is 32.7 Å². The standard InChI is InChI=1S/C20H22Cl2N2O4/c1-13(20(26)23-2)24(11-16-17(21)5-4-6-18(16)22)19(25)12-28-15-9-7-14(27-3)8-10-15/h4-10,13H,11-12H2,1-3H3,(H,23,26)/t13-/m1/s1. The van der Waals surface area contributed by atoms with Crippen LogP contribution in [0.4, 0.5) is 0 Å². The molecule has 0 saturated heterocycles. The molecule has 2 rings (SSSR count). The van der Waals surface area contributed by atoms with Crippen molar-refractivity contribution >= 4 is 35.0 Å². The monoisotopic (exact) mass is 424 g/mol. The number of carbonyl (C=O) groups is 2. The molecule has 0 spiro atoms. The molecule has 2 amide bonds. The first-order chi connectivity index (χ1) is 13.4. The second-order valence-electron chi connectivity index (χ2n) is 5.98. The Bertz CT molecular complexity index is 807. The molecule has 8 heteroatoms. The van der Waals surface area contributed by atoms with Crippen LogP contribution in [0.5, 0.6) is 11.5 Å². The summed E-state index contributed by atoms with van der Waals surface area (Å²) < 4.78 is 10.7. The number of ether oxygens (including phenoxy) is 2. The normalized spacial score (nSPS) is 11.5. The number of methoxy groups -OCH3 is 1. The van der Waals surface area contributed by atoms with Gasteiger partial charge in [0.1, 0.15) is 17.5 Å². The van der Waals surface area contributed by atoms with Gasteiger partial charge in [0.2, 0.25) is 5.91 Å². The summed E-state index contributed by atoms with van der Waals surface area (Å²) in [4.78, 5) is 26.4. The van der Waals surface area contributed by atoms with Crippen molar-refractivity contribution in [1.29, 1.82) is 0 Å². The van der Waals surface area contributed by atoms with Crippen molar-refractivity contribution in [3.63, 3.8) is 0 Å². The summed E-state index contributed by atoms with van der Waals surface area (Å²) in [5, 5.41) is 3.39. The van der Waals surface area contributed by atoms with Crippen molar-refractivity contribution in [3.8, 4) is 11.5 Å². The van der Waals surface area contributed by atoms with Gasteiger partial charge in [-0.3, -0.25) is 9.59 Å². The molecule has 2 aromatic rings. The number of nitrogens with zero attached hydrogens (tertiary/aromatic N) is 1. The van der Waals surface area contributed by atoms with Crippen molar-refractivity contribution in [2.24, 2.45) is 0 Å². The Morgan fingerprint density at radius 2 is 1.64 bits per heavy atom. The zero-order valence-electron chi connectivity index (χ0n) is 15.9. The van der Waals surface area contributed by atoms with Gasteiger partial charge in [0.25, 0.3) is 5.91 Å². The first-order valence-electron chi connectivity index (χ1n) is 8.58. The van der Waals surface area contributed by atoms with Crippen molar-refractivity contribution in [2.75, 3.05) is 20.8 Å². The topological polar surface area (TPSA) is 67.9 Å². The predicted molar refractivity (Wildman–Crippen MR) is 109 cm³/mol. The number of hydrogen-bond acceptors (Lipinski definition) is 4. The molecule has 0 aliphatic carbocycles. The molecule has 1 N–H and O–H groups in total. The molecular formula is C20H22Cl2N2O4. The highest BCUT2D eigenvalue weighted by Crippen LogP contribution is 2.26. The van der Waals surface area contributed by atoms with Crippen molar-refractivity contribution in [3.05, 3.63) is 58.1 Å². The third-order valence-corrected chi connectivity index (χ3v) is 4.93. The lowest BCUT2D eigenvalue weighted by atomic mass is 10.1. The number of likely N-dealkylation sites (N-methyl/N-ethyl adjacent to an activating group) is 1. The number of benzene rings is 2. The van der Waals surface area contributed by atoms with Gasteiger partial charge in [0, 0.05) is 29.2 Å². The van der Waals surface area contributed by atoms with Crippen LogP contribution in [-0.2, 0) is 16.1 Å². The summed E-state index contributed by atoms with van der Waals surface area (Å²) in [5.74, 6) is 0.517. The Morgan fingerprint density at radius 3 is 2.18 bits per heavy atom. The molecule has 1 atom stereocenters. The van der Waals surface area contributed by atoms with E-state index in [0.717, 1.165) is 0 Å². The number of rotatable bonds is 8. The Kier molecular flexibility index (Phi) is 7.96. The molecule has 2 aromatic carbocycles. The summed E-state index contributed by atoms with van der Waals surface area (Å²) in [5.41, 5.74) is 0.569. The van der Waals surface area contributed by atoms with Crippen LogP contribution >= 0.6 is 23.2 Å². The minimum atomic E-state index is -0.732. The summed E-state index contributed by atoms with van der Waals surface area (Å²) in [6, 6.07) is 11.2. The van der Waals surface area contributed by atoms with Gasteiger partial charge in [-0.25, -0.2) is 0 Å². The fourth-order valence-corrected chi connectivity index (χ4v) is 3.06. The van der Waals surface area contributed by atoms with E-state index >= 15 is 0 Å². The number of nitrogens with one attached hydrogen (secondary N) is 1. The summed E-state index contributed by atoms with van der Waals surface area (Å²) >= 11 is 12.5. The second-order valence-corrected chi connectivity index (χ2v) is 6.79. The van der Waals surface area contributed by atoms with Gasteiger partial charge < -0.3 is 19.7 Å². The van der Waals surface area contributed by atoms with Crippen molar-refractivity contribution in [2.45, 2.75) is 19.5 Å². The maximum Gasteiger partial charge on any atom is 0.261 e. The molecule has 0 aromatic heterocycles. The molecule has 6 nitrogen and oxygen atoms in total. The molecule has 28 heavy (non-hydrogen) atoms. The van der Waals surface area contributed by atoms with E-state index in [1.807, 2.05) is 0 Å². The van der Waals surface area contributed by atoms with E-state index in [1.54, 1.807) is 56.5 Å². The summed E-state index contributed by atoms with van der Waals surface area (Å²) in [6.07, 6.45) is 0. The van der Waals surface area contributed by atoms with E-state index in [2.05, 4.69) is 5.32 Å². The van der Waals surface area contributed by atoms with E-state index in [1.165, 1.54) is 11.9 Å². The first kappa shape index (κ1) is 21.9. The lowest BCUT2D eigenvalue weighted by molar-refractivity contribution is -0.142. The van der Waals surface area contributed by atoms with Crippen LogP contribution < -0.4 is 14.8 Å². The number of amides is 2. The van der Waals surface area contributed by atoms with Crippen LogP contribution in [0.3, 0.4) is 0 Å². The number of halogens is 2. The van der Waals surface area contributed by atoms with Gasteiger partial charge in [-0.05, 0) is 43.3 Å². The van der Waals surface area contributed by atoms with Crippen molar-refractivity contribution in [1.82, 2.24) is 10.2 Å². The Balaban J connectivity index is 2.17. The van der Waals surface area contributed by atoms with E-state index in [-0.39, 0.29) is 25.0 Å². The van der Waals surface area contributed by atoms with Gasteiger partial charge in [0.05, 0.1) is 7.11 Å². The predicted octanol–water partition coefficient (Wildman–Crippen LogP) is 3.54. The average Bonchev–Trinajstić information content (AvgIpc) is 2.71. The zero-order chi connectivity index (χ0) is 20.7. The minimum Gasteiger partial charge on any atom is -0.497 e. The van der Waals surface area contributed by atoms with E-state index < -0.39 is 6.04 Å². The maximum atomic E-state index is 12.8. The molecule has 0 bridgehead atoms. The van der Waals surface area contributed by atoms with Gasteiger partial charge in [0.15, 0.2) is 6.61 Å². The SMILES string of the molecule is CNC(=O)[C@@H](C)N(Cc1c(Cl)cccc1Cl)C(=O)COc1ccc(OC)cc1. The fraction of sp³-hybridized carbons (Fsp3) is 0.300. The van der Waals surface area contributed by atoms with Gasteiger partial charge in [-0.15, -0.1) is 0 Å². The van der Waals surface area contributed by atoms with Gasteiger partial charge >= 0.3 is 0 Å². The van der Waals surface area contributed by atoms with Gasteiger partial charge in [-0.1, -0.05) is 29.3 Å². The molecule has 0 heterocycles. The highest BCUT2D eigenvalue weighted by atomic mass is 35.5.